The average molecular weight is 239 g/mol. The third-order valence-corrected chi connectivity index (χ3v) is 2.04. The van der Waals surface area contributed by atoms with Crippen LogP contribution in [-0.4, -0.2) is 4.98 Å². The van der Waals surface area contributed by atoms with Crippen LogP contribution in [0.25, 0.3) is 0 Å². The summed E-state index contributed by atoms with van der Waals surface area (Å²) in [6.07, 6.45) is 0. The van der Waals surface area contributed by atoms with Crippen molar-refractivity contribution in [2.45, 2.75) is 0 Å². The van der Waals surface area contributed by atoms with Crippen LogP contribution in [0.2, 0.25) is 0 Å². The molecule has 0 aliphatic heterocycles. The molecular weight excluding hydrogens is 231 g/mol. The Morgan fingerprint density at radius 2 is 1.82 bits per heavy atom. The second kappa shape index (κ2) is 4.32. The maximum Gasteiger partial charge on any atom is 0.169 e. The summed E-state index contributed by atoms with van der Waals surface area (Å²) >= 11 is 0. The number of nitrogens with zero attached hydrogens (tertiary/aromatic N) is 1. The highest BCUT2D eigenvalue weighted by molar-refractivity contribution is 5.58. The second-order valence-corrected chi connectivity index (χ2v) is 3.32. The highest BCUT2D eigenvalue weighted by Gasteiger charge is 2.09. The first-order valence-electron chi connectivity index (χ1n) is 4.70. The van der Waals surface area contributed by atoms with Gasteiger partial charge in [-0.2, -0.15) is 0 Å². The van der Waals surface area contributed by atoms with Gasteiger partial charge in [-0.15, -0.1) is 0 Å². The summed E-state index contributed by atoms with van der Waals surface area (Å²) in [7, 11) is 0. The normalized spacial score (nSPS) is 10.3. The Bertz CT molecular complexity index is 558. The predicted molar refractivity (Wildman–Crippen MR) is 58.2 cm³/mol. The number of pyridine rings is 1. The molecule has 3 nitrogen and oxygen atoms in total. The zero-order chi connectivity index (χ0) is 12.4. The molecule has 0 atom stereocenters. The Morgan fingerprint density at radius 3 is 2.53 bits per heavy atom. The fourth-order valence-electron chi connectivity index (χ4n) is 1.27. The molecule has 1 heterocycles. The van der Waals surface area contributed by atoms with E-state index in [1.807, 2.05) is 0 Å². The maximum absolute atomic E-state index is 13.3. The quantitative estimate of drug-likeness (QED) is 0.847. The Hall–Kier alpha value is -2.24. The standard InChI is InChI=1S/C11H8F3N3/c12-6-2-1-3-7(4-6)16-11-9(14)5-8(13)10(15)17-11/h1-5H,(H3,15,16,17). The van der Waals surface area contributed by atoms with Gasteiger partial charge in [-0.25, -0.2) is 18.2 Å². The van der Waals surface area contributed by atoms with Crippen LogP contribution in [-0.2, 0) is 0 Å². The first-order chi connectivity index (χ1) is 8.06. The third kappa shape index (κ3) is 2.47. The van der Waals surface area contributed by atoms with Gasteiger partial charge in [0.25, 0.3) is 0 Å². The summed E-state index contributed by atoms with van der Waals surface area (Å²) < 4.78 is 39.0. The van der Waals surface area contributed by atoms with Gasteiger partial charge < -0.3 is 11.1 Å². The molecule has 0 saturated carbocycles. The van der Waals surface area contributed by atoms with Crippen LogP contribution in [0.3, 0.4) is 0 Å². The van der Waals surface area contributed by atoms with Crippen molar-refractivity contribution in [1.29, 1.82) is 0 Å². The lowest BCUT2D eigenvalue weighted by molar-refractivity contribution is 0.580. The summed E-state index contributed by atoms with van der Waals surface area (Å²) in [5.41, 5.74) is 5.50. The molecule has 2 rings (SSSR count). The molecule has 0 spiro atoms. The molecule has 0 aliphatic carbocycles. The molecule has 3 N–H and O–H groups in total. The molecule has 1 aromatic carbocycles. The van der Waals surface area contributed by atoms with Gasteiger partial charge in [0, 0.05) is 11.8 Å². The third-order valence-electron chi connectivity index (χ3n) is 2.04. The van der Waals surface area contributed by atoms with Crippen molar-refractivity contribution in [2.24, 2.45) is 0 Å². The average Bonchev–Trinajstić information content (AvgIpc) is 2.26. The molecule has 6 heteroatoms. The summed E-state index contributed by atoms with van der Waals surface area (Å²) in [6.45, 7) is 0. The van der Waals surface area contributed by atoms with E-state index in [0.29, 0.717) is 11.8 Å². The Labute approximate surface area is 95.1 Å². The molecule has 17 heavy (non-hydrogen) atoms. The van der Waals surface area contributed by atoms with E-state index in [2.05, 4.69) is 10.3 Å². The van der Waals surface area contributed by atoms with Gasteiger partial charge in [0.2, 0.25) is 0 Å². The van der Waals surface area contributed by atoms with Crippen LogP contribution in [0.1, 0.15) is 0 Å². The number of anilines is 3. The minimum atomic E-state index is -0.938. The van der Waals surface area contributed by atoms with E-state index in [-0.39, 0.29) is 5.82 Å². The fraction of sp³-hybridized carbons (Fsp3) is 0. The van der Waals surface area contributed by atoms with E-state index in [9.17, 15) is 13.2 Å². The van der Waals surface area contributed by atoms with Crippen molar-refractivity contribution in [2.75, 3.05) is 11.1 Å². The van der Waals surface area contributed by atoms with E-state index in [1.165, 1.54) is 18.2 Å². The van der Waals surface area contributed by atoms with Crippen molar-refractivity contribution in [1.82, 2.24) is 4.98 Å². The number of hydrogen-bond acceptors (Lipinski definition) is 3. The van der Waals surface area contributed by atoms with Crippen LogP contribution in [0.5, 0.6) is 0 Å². The number of halogens is 3. The van der Waals surface area contributed by atoms with E-state index >= 15 is 0 Å². The Kier molecular flexibility index (Phi) is 2.86. The lowest BCUT2D eigenvalue weighted by Crippen LogP contribution is -2.03. The van der Waals surface area contributed by atoms with Gasteiger partial charge in [0.05, 0.1) is 0 Å². The lowest BCUT2D eigenvalue weighted by Gasteiger charge is -2.07. The van der Waals surface area contributed by atoms with Crippen molar-refractivity contribution in [3.8, 4) is 0 Å². The monoisotopic (exact) mass is 239 g/mol. The second-order valence-electron chi connectivity index (χ2n) is 3.32. The molecule has 0 unspecified atom stereocenters. The molecule has 0 radical (unpaired) electrons. The van der Waals surface area contributed by atoms with Gasteiger partial charge >= 0.3 is 0 Å². The van der Waals surface area contributed by atoms with Crippen LogP contribution >= 0.6 is 0 Å². The summed E-state index contributed by atoms with van der Waals surface area (Å²) in [6, 6.07) is 5.98. The number of benzene rings is 1. The molecule has 1 aromatic heterocycles. The van der Waals surface area contributed by atoms with E-state index in [1.54, 1.807) is 0 Å². The van der Waals surface area contributed by atoms with Crippen molar-refractivity contribution in [3.05, 3.63) is 47.8 Å². The minimum absolute atomic E-state index is 0.255. The highest BCUT2D eigenvalue weighted by atomic mass is 19.1. The first-order valence-corrected chi connectivity index (χ1v) is 4.70. The Balaban J connectivity index is 2.33. The van der Waals surface area contributed by atoms with Crippen molar-refractivity contribution < 1.29 is 13.2 Å². The predicted octanol–water partition coefficient (Wildman–Crippen LogP) is 2.82. The number of hydrogen-bond donors (Lipinski definition) is 2. The SMILES string of the molecule is Nc1nc(Nc2cccc(F)c2)c(F)cc1F. The lowest BCUT2D eigenvalue weighted by atomic mass is 10.3. The van der Waals surface area contributed by atoms with Crippen molar-refractivity contribution >= 4 is 17.3 Å². The maximum atomic E-state index is 13.3. The van der Waals surface area contributed by atoms with Gasteiger partial charge in [0.1, 0.15) is 5.82 Å². The molecular formula is C11H8F3N3. The van der Waals surface area contributed by atoms with Gasteiger partial charge in [-0.1, -0.05) is 6.07 Å². The molecule has 0 bridgehead atoms. The summed E-state index contributed by atoms with van der Waals surface area (Å²) in [4.78, 5) is 3.49. The number of nitrogens with one attached hydrogen (secondary N) is 1. The largest absolute Gasteiger partial charge is 0.381 e. The number of nitrogen functional groups attached to an aromatic ring is 1. The topological polar surface area (TPSA) is 50.9 Å². The van der Waals surface area contributed by atoms with Crippen molar-refractivity contribution in [3.63, 3.8) is 0 Å². The van der Waals surface area contributed by atoms with Gasteiger partial charge in [-0.3, -0.25) is 0 Å². The van der Waals surface area contributed by atoms with Gasteiger partial charge in [-0.05, 0) is 18.2 Å². The minimum Gasteiger partial charge on any atom is -0.381 e. The van der Waals surface area contributed by atoms with Crippen LogP contribution in [0.15, 0.2) is 30.3 Å². The molecule has 0 amide bonds. The van der Waals surface area contributed by atoms with E-state index < -0.39 is 23.3 Å². The van der Waals surface area contributed by atoms with E-state index in [0.717, 1.165) is 6.07 Å². The Morgan fingerprint density at radius 1 is 1.06 bits per heavy atom. The van der Waals surface area contributed by atoms with E-state index in [4.69, 9.17) is 5.73 Å². The molecule has 2 aromatic rings. The highest BCUT2D eigenvalue weighted by Crippen LogP contribution is 2.21. The van der Waals surface area contributed by atoms with Crippen LogP contribution in [0, 0.1) is 17.5 Å². The molecule has 0 saturated heterocycles. The van der Waals surface area contributed by atoms with Gasteiger partial charge in [0.15, 0.2) is 23.3 Å². The smallest absolute Gasteiger partial charge is 0.169 e. The summed E-state index contributed by atoms with van der Waals surface area (Å²) in [5, 5.41) is 2.51. The van der Waals surface area contributed by atoms with Crippen LogP contribution < -0.4 is 11.1 Å². The fourth-order valence-corrected chi connectivity index (χ4v) is 1.27. The molecule has 88 valence electrons. The zero-order valence-corrected chi connectivity index (χ0v) is 8.55. The number of nitrogens with two attached hydrogens (primary N) is 1. The first kappa shape index (κ1) is 11.3. The number of aromatic nitrogens is 1. The summed E-state index contributed by atoms with van der Waals surface area (Å²) in [5.74, 6) is -3.00. The zero-order valence-electron chi connectivity index (χ0n) is 8.55. The molecule has 0 fully saturated rings. The molecule has 0 aliphatic rings. The number of rotatable bonds is 2. The van der Waals surface area contributed by atoms with Crippen LogP contribution in [0.4, 0.5) is 30.5 Å².